The summed E-state index contributed by atoms with van der Waals surface area (Å²) < 4.78 is 18.9. The number of nitrogens with zero attached hydrogens (tertiary/aromatic N) is 3. The molecule has 6 nitrogen and oxygen atoms in total. The van der Waals surface area contributed by atoms with Gasteiger partial charge < -0.3 is 9.84 Å². The summed E-state index contributed by atoms with van der Waals surface area (Å²) in [6.07, 6.45) is 2.91. The Balaban J connectivity index is 1.43. The highest BCUT2D eigenvalue weighted by atomic mass is 32.1. The van der Waals surface area contributed by atoms with Gasteiger partial charge in [0.25, 0.3) is 0 Å². The number of carbonyl (C=O) groups excluding carboxylic acids is 1. The van der Waals surface area contributed by atoms with Gasteiger partial charge in [0.1, 0.15) is 5.82 Å². The second-order valence-corrected chi connectivity index (χ2v) is 7.84. The van der Waals surface area contributed by atoms with Gasteiger partial charge in [-0.2, -0.15) is 4.98 Å². The fourth-order valence-corrected chi connectivity index (χ4v) is 4.06. The predicted octanol–water partition coefficient (Wildman–Crippen LogP) is 3.78. The van der Waals surface area contributed by atoms with Gasteiger partial charge in [0, 0.05) is 10.4 Å². The van der Waals surface area contributed by atoms with Crippen molar-refractivity contribution in [3.05, 3.63) is 58.4 Å². The quantitative estimate of drug-likeness (QED) is 0.682. The highest BCUT2D eigenvalue weighted by Crippen LogP contribution is 2.31. The van der Waals surface area contributed by atoms with Crippen molar-refractivity contribution in [3.8, 4) is 11.4 Å². The van der Waals surface area contributed by atoms with Gasteiger partial charge in [-0.3, -0.25) is 9.69 Å². The van der Waals surface area contributed by atoms with E-state index in [4.69, 9.17) is 4.52 Å². The average Bonchev–Trinajstić information content (AvgIpc) is 3.39. The van der Waals surface area contributed by atoms with Crippen LogP contribution in [0.1, 0.15) is 36.1 Å². The molecule has 4 rings (SSSR count). The second kappa shape index (κ2) is 8.62. The van der Waals surface area contributed by atoms with Crippen molar-refractivity contribution < 1.29 is 13.7 Å². The first-order valence-electron chi connectivity index (χ1n) is 9.32. The lowest BCUT2D eigenvalue weighted by Gasteiger charge is -2.32. The van der Waals surface area contributed by atoms with E-state index in [2.05, 4.69) is 20.4 Å². The molecule has 0 saturated carbocycles. The van der Waals surface area contributed by atoms with E-state index in [-0.39, 0.29) is 24.3 Å². The van der Waals surface area contributed by atoms with E-state index in [1.54, 1.807) is 23.5 Å². The van der Waals surface area contributed by atoms with E-state index >= 15 is 0 Å². The maximum absolute atomic E-state index is 13.5. The average molecular weight is 400 g/mol. The predicted molar refractivity (Wildman–Crippen MR) is 104 cm³/mol. The molecule has 1 aromatic carbocycles. The lowest BCUT2D eigenvalue weighted by molar-refractivity contribution is -0.123. The van der Waals surface area contributed by atoms with E-state index in [0.29, 0.717) is 23.8 Å². The molecular formula is C20H21FN4O2S. The number of halogens is 1. The van der Waals surface area contributed by atoms with Crippen LogP contribution in [0.4, 0.5) is 4.39 Å². The van der Waals surface area contributed by atoms with Gasteiger partial charge in [0.2, 0.25) is 17.6 Å². The standard InChI is InChI=1S/C20H21FN4O2S/c21-15-6-3-5-14(11-15)19-23-20(27-24-19)17-8-1-2-9-25(17)13-18(26)22-12-16-7-4-10-28-16/h3-7,10-11,17H,1-2,8-9,12-13H2,(H,22,26). The molecule has 1 unspecified atom stereocenters. The van der Waals surface area contributed by atoms with Crippen LogP contribution in [0.25, 0.3) is 11.4 Å². The van der Waals surface area contributed by atoms with Gasteiger partial charge in [-0.05, 0) is 43.0 Å². The summed E-state index contributed by atoms with van der Waals surface area (Å²) in [5.74, 6) is 0.475. The van der Waals surface area contributed by atoms with Crippen molar-refractivity contribution in [2.75, 3.05) is 13.1 Å². The summed E-state index contributed by atoms with van der Waals surface area (Å²) in [5, 5.41) is 8.96. The number of piperidine rings is 1. The van der Waals surface area contributed by atoms with Crippen molar-refractivity contribution in [3.63, 3.8) is 0 Å². The number of hydrogen-bond acceptors (Lipinski definition) is 6. The maximum Gasteiger partial charge on any atom is 0.244 e. The van der Waals surface area contributed by atoms with Crippen LogP contribution in [0.3, 0.4) is 0 Å². The topological polar surface area (TPSA) is 71.3 Å². The lowest BCUT2D eigenvalue weighted by atomic mass is 10.0. The van der Waals surface area contributed by atoms with Gasteiger partial charge in [0.05, 0.1) is 19.1 Å². The smallest absolute Gasteiger partial charge is 0.244 e. The molecule has 1 saturated heterocycles. The van der Waals surface area contributed by atoms with Crippen molar-refractivity contribution in [2.24, 2.45) is 0 Å². The van der Waals surface area contributed by atoms with E-state index in [0.717, 1.165) is 30.7 Å². The zero-order chi connectivity index (χ0) is 19.3. The first-order valence-corrected chi connectivity index (χ1v) is 10.2. The van der Waals surface area contributed by atoms with Gasteiger partial charge in [-0.25, -0.2) is 4.39 Å². The summed E-state index contributed by atoms with van der Waals surface area (Å²) >= 11 is 1.62. The molecule has 0 spiro atoms. The van der Waals surface area contributed by atoms with Gasteiger partial charge >= 0.3 is 0 Å². The van der Waals surface area contributed by atoms with Crippen LogP contribution >= 0.6 is 11.3 Å². The molecular weight excluding hydrogens is 379 g/mol. The number of rotatable bonds is 6. The number of carbonyl (C=O) groups is 1. The number of likely N-dealkylation sites (tertiary alicyclic amines) is 1. The molecule has 1 amide bonds. The fourth-order valence-electron chi connectivity index (χ4n) is 3.41. The molecule has 3 aromatic rings. The molecule has 0 aliphatic carbocycles. The van der Waals surface area contributed by atoms with Crippen LogP contribution < -0.4 is 5.32 Å². The molecule has 1 aliphatic heterocycles. The SMILES string of the molecule is O=C(CN1CCCCC1c1nc(-c2cccc(F)c2)no1)NCc1cccs1. The molecule has 146 valence electrons. The molecule has 1 N–H and O–H groups in total. The number of thiophene rings is 1. The van der Waals surface area contributed by atoms with Crippen molar-refractivity contribution in [1.29, 1.82) is 0 Å². The molecule has 1 fully saturated rings. The van der Waals surface area contributed by atoms with Crippen LogP contribution in [0.15, 0.2) is 46.3 Å². The van der Waals surface area contributed by atoms with E-state index in [1.807, 2.05) is 17.5 Å². The third-order valence-corrected chi connectivity index (χ3v) is 5.69. The number of benzene rings is 1. The largest absolute Gasteiger partial charge is 0.350 e. The number of hydrogen-bond donors (Lipinski definition) is 1. The molecule has 3 heterocycles. The summed E-state index contributed by atoms with van der Waals surface area (Å²) in [6.45, 7) is 1.63. The minimum Gasteiger partial charge on any atom is -0.350 e. The summed E-state index contributed by atoms with van der Waals surface area (Å²) in [4.78, 5) is 20.1. The number of amides is 1. The molecule has 28 heavy (non-hydrogen) atoms. The molecule has 8 heteroatoms. The van der Waals surface area contributed by atoms with Crippen LogP contribution in [-0.2, 0) is 11.3 Å². The lowest BCUT2D eigenvalue weighted by Crippen LogP contribution is -2.41. The maximum atomic E-state index is 13.5. The fraction of sp³-hybridized carbons (Fsp3) is 0.350. The first-order chi connectivity index (χ1) is 13.7. The summed E-state index contributed by atoms with van der Waals surface area (Å²) in [7, 11) is 0. The van der Waals surface area contributed by atoms with Crippen molar-refractivity contribution >= 4 is 17.2 Å². The molecule has 0 bridgehead atoms. The Morgan fingerprint density at radius 3 is 3.07 bits per heavy atom. The van der Waals surface area contributed by atoms with Crippen LogP contribution in [-0.4, -0.2) is 34.0 Å². The molecule has 1 atom stereocenters. The Morgan fingerprint density at radius 2 is 2.25 bits per heavy atom. The van der Waals surface area contributed by atoms with E-state index in [9.17, 15) is 9.18 Å². The van der Waals surface area contributed by atoms with Gasteiger partial charge in [-0.15, -0.1) is 11.3 Å². The van der Waals surface area contributed by atoms with Crippen LogP contribution in [0.5, 0.6) is 0 Å². The van der Waals surface area contributed by atoms with Crippen LogP contribution in [0.2, 0.25) is 0 Å². The van der Waals surface area contributed by atoms with Gasteiger partial charge in [-0.1, -0.05) is 29.8 Å². The summed E-state index contributed by atoms with van der Waals surface area (Å²) in [6, 6.07) is 9.99. The minimum absolute atomic E-state index is 0.0230. The third kappa shape index (κ3) is 4.45. The Labute approximate surface area is 166 Å². The van der Waals surface area contributed by atoms with E-state index in [1.165, 1.54) is 12.1 Å². The van der Waals surface area contributed by atoms with Crippen LogP contribution in [0, 0.1) is 5.82 Å². The normalized spacial score (nSPS) is 17.5. The highest BCUT2D eigenvalue weighted by Gasteiger charge is 2.30. The molecule has 0 radical (unpaired) electrons. The number of nitrogens with one attached hydrogen (secondary N) is 1. The molecule has 2 aromatic heterocycles. The summed E-state index contributed by atoms with van der Waals surface area (Å²) in [5.41, 5.74) is 0.575. The third-order valence-electron chi connectivity index (χ3n) is 4.81. The first kappa shape index (κ1) is 18.8. The highest BCUT2D eigenvalue weighted by molar-refractivity contribution is 7.09. The Kier molecular flexibility index (Phi) is 5.78. The monoisotopic (exact) mass is 400 g/mol. The zero-order valence-electron chi connectivity index (χ0n) is 15.3. The second-order valence-electron chi connectivity index (χ2n) is 6.80. The van der Waals surface area contributed by atoms with Crippen molar-refractivity contribution in [2.45, 2.75) is 31.8 Å². The Bertz CT molecular complexity index is 928. The van der Waals surface area contributed by atoms with Crippen molar-refractivity contribution in [1.82, 2.24) is 20.4 Å². The number of aromatic nitrogens is 2. The minimum atomic E-state index is -0.342. The van der Waals surface area contributed by atoms with Gasteiger partial charge in [0.15, 0.2) is 0 Å². The zero-order valence-corrected chi connectivity index (χ0v) is 16.1. The van der Waals surface area contributed by atoms with E-state index < -0.39 is 0 Å². The Hall–Kier alpha value is -2.58. The molecule has 1 aliphatic rings. The Morgan fingerprint density at radius 1 is 1.32 bits per heavy atom.